The van der Waals surface area contributed by atoms with Gasteiger partial charge in [-0.2, -0.15) is 0 Å². The maximum absolute atomic E-state index is 12.7. The van der Waals surface area contributed by atoms with Crippen molar-refractivity contribution in [2.75, 3.05) is 13.7 Å². The van der Waals surface area contributed by atoms with Gasteiger partial charge in [-0.15, -0.1) is 0 Å². The van der Waals surface area contributed by atoms with E-state index in [1.165, 1.54) is 0 Å². The number of benzene rings is 3. The van der Waals surface area contributed by atoms with Crippen molar-refractivity contribution in [3.05, 3.63) is 81.9 Å². The molecule has 0 fully saturated rings. The van der Waals surface area contributed by atoms with E-state index in [9.17, 15) is 14.7 Å². The van der Waals surface area contributed by atoms with Crippen LogP contribution in [0.15, 0.2) is 54.6 Å². The highest BCUT2D eigenvalue weighted by Crippen LogP contribution is 2.29. The van der Waals surface area contributed by atoms with Gasteiger partial charge in [0.05, 0.1) is 29.9 Å². The molecule has 2 N–H and O–H groups in total. The zero-order chi connectivity index (χ0) is 24.0. The molecule has 33 heavy (non-hydrogen) atoms. The Morgan fingerprint density at radius 3 is 2.39 bits per heavy atom. The summed E-state index contributed by atoms with van der Waals surface area (Å²) in [5.41, 5.74) is 3.62. The minimum absolute atomic E-state index is 0.206. The van der Waals surface area contributed by atoms with Crippen molar-refractivity contribution in [3.63, 3.8) is 0 Å². The summed E-state index contributed by atoms with van der Waals surface area (Å²) in [7, 11) is 1.56. The van der Waals surface area contributed by atoms with Gasteiger partial charge in [0.25, 0.3) is 5.91 Å². The Kier molecular flexibility index (Phi) is 7.96. The lowest BCUT2D eigenvalue weighted by Crippen LogP contribution is -2.23. The van der Waals surface area contributed by atoms with Crippen molar-refractivity contribution in [2.24, 2.45) is 0 Å². The summed E-state index contributed by atoms with van der Waals surface area (Å²) in [6.45, 7) is 4.55. The molecular weight excluding hydrogens is 442 g/mol. The first-order valence-corrected chi connectivity index (χ1v) is 10.9. The molecule has 0 aliphatic heterocycles. The van der Waals surface area contributed by atoms with Gasteiger partial charge >= 0.3 is 5.97 Å². The Balaban J connectivity index is 1.80. The van der Waals surface area contributed by atoms with Crippen LogP contribution in [0.2, 0.25) is 5.02 Å². The van der Waals surface area contributed by atoms with Gasteiger partial charge < -0.3 is 19.9 Å². The molecule has 0 spiro atoms. The van der Waals surface area contributed by atoms with Crippen molar-refractivity contribution < 1.29 is 24.2 Å². The zero-order valence-corrected chi connectivity index (χ0v) is 19.5. The molecule has 0 saturated carbocycles. The highest BCUT2D eigenvalue weighted by atomic mass is 35.5. The molecule has 7 heteroatoms. The highest BCUT2D eigenvalue weighted by molar-refractivity contribution is 6.34. The number of rotatable bonds is 9. The molecule has 0 radical (unpaired) electrons. The fraction of sp³-hybridized carbons (Fsp3) is 0.231. The molecule has 0 atom stereocenters. The number of carbonyl (C=O) groups is 2. The fourth-order valence-corrected chi connectivity index (χ4v) is 3.65. The quantitative estimate of drug-likeness (QED) is 0.419. The summed E-state index contributed by atoms with van der Waals surface area (Å²) in [6.07, 6.45) is 0.876. The molecule has 172 valence electrons. The number of carboxylic acid groups (broad SMARTS) is 1. The van der Waals surface area contributed by atoms with Crippen LogP contribution in [0.1, 0.15) is 45.2 Å². The van der Waals surface area contributed by atoms with E-state index >= 15 is 0 Å². The lowest BCUT2D eigenvalue weighted by Gasteiger charge is -2.14. The maximum Gasteiger partial charge on any atom is 0.335 e. The molecule has 0 aliphatic carbocycles. The number of ether oxygens (including phenoxy) is 2. The molecule has 0 aliphatic rings. The smallest absolute Gasteiger partial charge is 0.335 e. The number of aromatic carboxylic acids is 1. The van der Waals surface area contributed by atoms with Gasteiger partial charge in [-0.3, -0.25) is 4.79 Å². The van der Waals surface area contributed by atoms with Crippen molar-refractivity contribution in [3.8, 4) is 22.6 Å². The Morgan fingerprint density at radius 2 is 1.73 bits per heavy atom. The topological polar surface area (TPSA) is 84.9 Å². The van der Waals surface area contributed by atoms with E-state index in [1.807, 2.05) is 25.1 Å². The van der Waals surface area contributed by atoms with Crippen LogP contribution < -0.4 is 14.8 Å². The Morgan fingerprint density at radius 1 is 1.00 bits per heavy atom. The normalized spacial score (nSPS) is 10.5. The summed E-state index contributed by atoms with van der Waals surface area (Å²) < 4.78 is 11.0. The molecule has 0 aromatic heterocycles. The number of nitrogens with one attached hydrogen (secondary N) is 1. The van der Waals surface area contributed by atoms with E-state index in [0.29, 0.717) is 34.3 Å². The van der Waals surface area contributed by atoms with Crippen molar-refractivity contribution >= 4 is 23.5 Å². The third kappa shape index (κ3) is 5.84. The molecule has 0 unspecified atom stereocenters. The SMILES string of the molecule is CCCOc1ccc(C(=O)NCc2cc(-c3ccc(C)c(C(=O)O)c3)ccc2OC)c(Cl)c1. The third-order valence-corrected chi connectivity index (χ3v) is 5.49. The van der Waals surface area contributed by atoms with Crippen molar-refractivity contribution in [2.45, 2.75) is 26.8 Å². The van der Waals surface area contributed by atoms with Gasteiger partial charge in [0, 0.05) is 12.1 Å². The third-order valence-electron chi connectivity index (χ3n) is 5.18. The standard InChI is InChI=1S/C26H26ClNO5/c1-4-11-33-20-8-9-21(23(27)14-20)25(29)28-15-19-12-17(7-10-24(19)32-3)18-6-5-16(2)22(13-18)26(30)31/h5-10,12-14H,4,11,15H2,1-3H3,(H,28,29)(H,30,31). The van der Waals surface area contributed by atoms with E-state index in [1.54, 1.807) is 50.4 Å². The predicted molar refractivity (Wildman–Crippen MR) is 129 cm³/mol. The summed E-state index contributed by atoms with van der Waals surface area (Å²) >= 11 is 6.29. The van der Waals surface area contributed by atoms with Crippen molar-refractivity contribution in [1.29, 1.82) is 0 Å². The van der Waals surface area contributed by atoms with E-state index in [2.05, 4.69) is 5.32 Å². The minimum Gasteiger partial charge on any atom is -0.496 e. The summed E-state index contributed by atoms with van der Waals surface area (Å²) in [5.74, 6) is -0.0676. The second-order valence-electron chi connectivity index (χ2n) is 7.53. The monoisotopic (exact) mass is 467 g/mol. The molecule has 6 nitrogen and oxygen atoms in total. The zero-order valence-electron chi connectivity index (χ0n) is 18.8. The van der Waals surface area contributed by atoms with E-state index in [4.69, 9.17) is 21.1 Å². The van der Waals surface area contributed by atoms with Crippen LogP contribution in [-0.4, -0.2) is 30.7 Å². The number of methoxy groups -OCH3 is 1. The van der Waals surface area contributed by atoms with Gasteiger partial charge in [0.1, 0.15) is 11.5 Å². The number of halogens is 1. The number of amides is 1. The Labute approximate surface area is 198 Å². The largest absolute Gasteiger partial charge is 0.496 e. The number of carboxylic acids is 1. The first kappa shape index (κ1) is 24.1. The molecule has 3 aromatic rings. The van der Waals surface area contributed by atoms with E-state index < -0.39 is 5.97 Å². The average Bonchev–Trinajstić information content (AvgIpc) is 2.81. The van der Waals surface area contributed by atoms with Crippen LogP contribution >= 0.6 is 11.6 Å². The summed E-state index contributed by atoms with van der Waals surface area (Å²) in [5, 5.41) is 12.6. The van der Waals surface area contributed by atoms with Crippen LogP contribution in [0.4, 0.5) is 0 Å². The average molecular weight is 468 g/mol. The molecule has 3 aromatic carbocycles. The van der Waals surface area contributed by atoms with E-state index in [0.717, 1.165) is 23.1 Å². The van der Waals surface area contributed by atoms with Crippen LogP contribution in [0.25, 0.3) is 11.1 Å². The Hall–Kier alpha value is -3.51. The lowest BCUT2D eigenvalue weighted by molar-refractivity contribution is 0.0696. The van der Waals surface area contributed by atoms with Gasteiger partial charge in [-0.1, -0.05) is 36.7 Å². The second kappa shape index (κ2) is 10.9. The van der Waals surface area contributed by atoms with Crippen LogP contribution in [0.3, 0.4) is 0 Å². The predicted octanol–water partition coefficient (Wildman–Crippen LogP) is 5.74. The highest BCUT2D eigenvalue weighted by Gasteiger charge is 2.14. The van der Waals surface area contributed by atoms with Crippen molar-refractivity contribution in [1.82, 2.24) is 5.32 Å². The molecular formula is C26H26ClNO5. The molecule has 0 bridgehead atoms. The van der Waals surface area contributed by atoms with Crippen LogP contribution in [0, 0.1) is 6.92 Å². The first-order chi connectivity index (χ1) is 15.8. The molecule has 0 heterocycles. The number of carbonyl (C=O) groups excluding carboxylic acids is 1. The minimum atomic E-state index is -0.974. The Bertz CT molecular complexity index is 1180. The maximum atomic E-state index is 12.7. The van der Waals surface area contributed by atoms with Gasteiger partial charge in [-0.05, 0) is 66.4 Å². The molecule has 0 saturated heterocycles. The first-order valence-electron chi connectivity index (χ1n) is 10.6. The van der Waals surface area contributed by atoms with Gasteiger partial charge in [-0.25, -0.2) is 4.79 Å². The fourth-order valence-electron chi connectivity index (χ4n) is 3.39. The number of aryl methyl sites for hydroxylation is 1. The second-order valence-corrected chi connectivity index (χ2v) is 7.94. The number of hydrogen-bond donors (Lipinski definition) is 2. The summed E-state index contributed by atoms with van der Waals surface area (Å²) in [6, 6.07) is 15.8. The lowest BCUT2D eigenvalue weighted by atomic mass is 9.98. The molecule has 1 amide bonds. The molecule has 3 rings (SSSR count). The van der Waals surface area contributed by atoms with Gasteiger partial charge in [0.2, 0.25) is 0 Å². The van der Waals surface area contributed by atoms with Gasteiger partial charge in [0.15, 0.2) is 0 Å². The van der Waals surface area contributed by atoms with Crippen LogP contribution in [0.5, 0.6) is 11.5 Å². The van der Waals surface area contributed by atoms with Crippen LogP contribution in [-0.2, 0) is 6.54 Å². The summed E-state index contributed by atoms with van der Waals surface area (Å²) in [4.78, 5) is 24.2. The number of hydrogen-bond acceptors (Lipinski definition) is 4. The van der Waals surface area contributed by atoms with E-state index in [-0.39, 0.29) is 18.0 Å².